The van der Waals surface area contributed by atoms with E-state index in [0.29, 0.717) is 23.8 Å². The van der Waals surface area contributed by atoms with Gasteiger partial charge in [-0.1, -0.05) is 27.7 Å². The van der Waals surface area contributed by atoms with Gasteiger partial charge >= 0.3 is 0 Å². The quantitative estimate of drug-likeness (QED) is 0.845. The summed E-state index contributed by atoms with van der Waals surface area (Å²) < 4.78 is 2.08. The summed E-state index contributed by atoms with van der Waals surface area (Å²) in [7, 11) is 0. The number of nitrogens with zero attached hydrogens (tertiary/aromatic N) is 2. The van der Waals surface area contributed by atoms with Gasteiger partial charge in [-0.2, -0.15) is 5.10 Å². The van der Waals surface area contributed by atoms with Crippen LogP contribution in [0.25, 0.3) is 0 Å². The standard InChI is InChI=1S/C18H32N2O/c1-5-16(6-2)20-12-9-15(19-20)13-17(21)14-7-10-18(3,4)11-8-14/h9,12,14,16-17,21H,5-8,10-11,13H2,1-4H3. The van der Waals surface area contributed by atoms with Crippen LogP contribution in [0.3, 0.4) is 0 Å². The molecule has 120 valence electrons. The lowest BCUT2D eigenvalue weighted by Crippen LogP contribution is -2.30. The average molecular weight is 292 g/mol. The molecule has 0 aliphatic heterocycles. The summed E-state index contributed by atoms with van der Waals surface area (Å²) in [6, 6.07) is 2.57. The van der Waals surface area contributed by atoms with Crippen LogP contribution in [0, 0.1) is 11.3 Å². The number of hydrogen-bond acceptors (Lipinski definition) is 2. The van der Waals surface area contributed by atoms with Crippen molar-refractivity contribution in [2.75, 3.05) is 0 Å². The van der Waals surface area contributed by atoms with Crippen LogP contribution >= 0.6 is 0 Å². The third-order valence-corrected chi connectivity index (χ3v) is 5.33. The zero-order valence-electron chi connectivity index (χ0n) is 14.2. The molecule has 1 heterocycles. The van der Waals surface area contributed by atoms with Crippen LogP contribution in [0.5, 0.6) is 0 Å². The summed E-state index contributed by atoms with van der Waals surface area (Å²) in [4.78, 5) is 0. The van der Waals surface area contributed by atoms with Crippen LogP contribution in [0.2, 0.25) is 0 Å². The van der Waals surface area contributed by atoms with Crippen molar-refractivity contribution in [3.8, 4) is 0 Å². The van der Waals surface area contributed by atoms with Crippen LogP contribution in [0.4, 0.5) is 0 Å². The molecule has 1 unspecified atom stereocenters. The van der Waals surface area contributed by atoms with Crippen molar-refractivity contribution in [2.24, 2.45) is 11.3 Å². The molecule has 2 rings (SSSR count). The van der Waals surface area contributed by atoms with Gasteiger partial charge in [-0.15, -0.1) is 0 Å². The van der Waals surface area contributed by atoms with Gasteiger partial charge in [0, 0.05) is 12.6 Å². The van der Waals surface area contributed by atoms with E-state index in [1.54, 1.807) is 0 Å². The largest absolute Gasteiger partial charge is 0.392 e. The highest BCUT2D eigenvalue weighted by Crippen LogP contribution is 2.39. The smallest absolute Gasteiger partial charge is 0.0650 e. The summed E-state index contributed by atoms with van der Waals surface area (Å²) >= 11 is 0. The summed E-state index contributed by atoms with van der Waals surface area (Å²) in [5, 5.41) is 15.2. The molecule has 0 aromatic carbocycles. The lowest BCUT2D eigenvalue weighted by Gasteiger charge is -2.36. The maximum absolute atomic E-state index is 10.5. The van der Waals surface area contributed by atoms with Crippen LogP contribution in [-0.2, 0) is 6.42 Å². The molecule has 1 aliphatic carbocycles. The van der Waals surface area contributed by atoms with Crippen molar-refractivity contribution in [1.82, 2.24) is 9.78 Å². The van der Waals surface area contributed by atoms with Crippen molar-refractivity contribution in [3.63, 3.8) is 0 Å². The third kappa shape index (κ3) is 4.32. The van der Waals surface area contributed by atoms with Crippen LogP contribution in [-0.4, -0.2) is 21.0 Å². The molecule has 1 fully saturated rings. The Bertz CT molecular complexity index is 424. The van der Waals surface area contributed by atoms with Crippen molar-refractivity contribution >= 4 is 0 Å². The van der Waals surface area contributed by atoms with Gasteiger partial charge in [-0.05, 0) is 55.9 Å². The molecule has 1 atom stereocenters. The second-order valence-corrected chi connectivity index (χ2v) is 7.53. The maximum atomic E-state index is 10.5. The predicted octanol–water partition coefficient (Wildman–Crippen LogP) is 4.36. The van der Waals surface area contributed by atoms with Crippen LogP contribution < -0.4 is 0 Å². The first-order chi connectivity index (χ1) is 9.95. The van der Waals surface area contributed by atoms with E-state index >= 15 is 0 Å². The van der Waals surface area contributed by atoms with E-state index in [9.17, 15) is 5.11 Å². The Labute approximate surface area is 129 Å². The van der Waals surface area contributed by atoms with Gasteiger partial charge < -0.3 is 5.11 Å². The van der Waals surface area contributed by atoms with Gasteiger partial charge in [0.15, 0.2) is 0 Å². The van der Waals surface area contributed by atoms with Gasteiger partial charge in [0.2, 0.25) is 0 Å². The minimum atomic E-state index is -0.230. The minimum Gasteiger partial charge on any atom is -0.392 e. The highest BCUT2D eigenvalue weighted by Gasteiger charge is 2.30. The lowest BCUT2D eigenvalue weighted by molar-refractivity contribution is 0.0569. The number of aliphatic hydroxyl groups is 1. The molecule has 0 amide bonds. The van der Waals surface area contributed by atoms with E-state index in [2.05, 4.69) is 49.7 Å². The van der Waals surface area contributed by atoms with Crippen LogP contribution in [0.15, 0.2) is 12.3 Å². The fourth-order valence-corrected chi connectivity index (χ4v) is 3.54. The Morgan fingerprint density at radius 1 is 1.29 bits per heavy atom. The average Bonchev–Trinajstić information content (AvgIpc) is 2.88. The molecule has 21 heavy (non-hydrogen) atoms. The van der Waals surface area contributed by atoms with Crippen molar-refractivity contribution in [3.05, 3.63) is 18.0 Å². The fraction of sp³-hybridized carbons (Fsp3) is 0.833. The summed E-state index contributed by atoms with van der Waals surface area (Å²) in [6.45, 7) is 9.09. The first-order valence-electron chi connectivity index (χ1n) is 8.67. The Morgan fingerprint density at radius 3 is 2.48 bits per heavy atom. The van der Waals surface area contributed by atoms with Crippen LogP contribution in [0.1, 0.15) is 78.0 Å². The molecule has 0 bridgehead atoms. The van der Waals surface area contributed by atoms with Gasteiger partial charge in [-0.3, -0.25) is 4.68 Å². The first-order valence-corrected chi connectivity index (χ1v) is 8.67. The SMILES string of the molecule is CCC(CC)n1ccc(CC(O)C2CCC(C)(C)CC2)n1. The molecule has 1 aromatic heterocycles. The second-order valence-electron chi connectivity index (χ2n) is 7.53. The summed E-state index contributed by atoms with van der Waals surface area (Å²) in [6.07, 6.45) is 9.54. The molecule has 0 spiro atoms. The molecule has 0 radical (unpaired) electrons. The monoisotopic (exact) mass is 292 g/mol. The fourth-order valence-electron chi connectivity index (χ4n) is 3.54. The number of rotatable bonds is 6. The molecule has 3 nitrogen and oxygen atoms in total. The minimum absolute atomic E-state index is 0.230. The Hall–Kier alpha value is -0.830. The number of aliphatic hydroxyl groups excluding tert-OH is 1. The molecular weight excluding hydrogens is 260 g/mol. The van der Waals surface area contributed by atoms with Crippen molar-refractivity contribution in [1.29, 1.82) is 0 Å². The number of hydrogen-bond donors (Lipinski definition) is 1. The molecule has 1 N–H and O–H groups in total. The normalized spacial score (nSPS) is 20.9. The molecule has 1 aliphatic rings. The van der Waals surface area contributed by atoms with Crippen molar-refractivity contribution < 1.29 is 5.11 Å². The third-order valence-electron chi connectivity index (χ3n) is 5.33. The second kappa shape index (κ2) is 6.95. The van der Waals surface area contributed by atoms with Gasteiger partial charge in [-0.25, -0.2) is 0 Å². The Balaban J connectivity index is 1.90. The van der Waals surface area contributed by atoms with E-state index in [-0.39, 0.29) is 6.10 Å². The Kier molecular flexibility index (Phi) is 5.48. The van der Waals surface area contributed by atoms with E-state index in [1.807, 2.05) is 0 Å². The zero-order valence-corrected chi connectivity index (χ0v) is 14.2. The first kappa shape index (κ1) is 16.5. The van der Waals surface area contributed by atoms with E-state index in [4.69, 9.17) is 0 Å². The molecule has 3 heteroatoms. The zero-order chi connectivity index (χ0) is 15.5. The highest BCUT2D eigenvalue weighted by molar-refractivity contribution is 5.02. The van der Waals surface area contributed by atoms with Gasteiger partial charge in [0.05, 0.1) is 17.8 Å². The topological polar surface area (TPSA) is 38.0 Å². The van der Waals surface area contributed by atoms with E-state index in [0.717, 1.165) is 31.4 Å². The van der Waals surface area contributed by atoms with Gasteiger partial charge in [0.25, 0.3) is 0 Å². The predicted molar refractivity (Wildman–Crippen MR) is 87.3 cm³/mol. The van der Waals surface area contributed by atoms with E-state index in [1.165, 1.54) is 12.8 Å². The lowest BCUT2D eigenvalue weighted by atomic mass is 9.71. The molecular formula is C18H32N2O. The highest BCUT2D eigenvalue weighted by atomic mass is 16.3. The van der Waals surface area contributed by atoms with E-state index < -0.39 is 0 Å². The maximum Gasteiger partial charge on any atom is 0.0650 e. The molecule has 1 saturated carbocycles. The summed E-state index contributed by atoms with van der Waals surface area (Å²) in [5.41, 5.74) is 1.51. The molecule has 0 saturated heterocycles. The number of aromatic nitrogens is 2. The van der Waals surface area contributed by atoms with Crippen molar-refractivity contribution in [2.45, 2.75) is 84.8 Å². The summed E-state index contributed by atoms with van der Waals surface area (Å²) in [5.74, 6) is 0.455. The van der Waals surface area contributed by atoms with Gasteiger partial charge in [0.1, 0.15) is 0 Å². The molecule has 1 aromatic rings. The Morgan fingerprint density at radius 2 is 1.90 bits per heavy atom.